The molecule has 0 spiro atoms. The zero-order chi connectivity index (χ0) is 19.4. The van der Waals surface area contributed by atoms with Gasteiger partial charge in [-0.1, -0.05) is 43.3 Å². The number of rotatable bonds is 5. The van der Waals surface area contributed by atoms with Gasteiger partial charge in [-0.25, -0.2) is 13.6 Å². The zero-order valence-electron chi connectivity index (χ0n) is 15.4. The molecule has 0 saturated carbocycles. The summed E-state index contributed by atoms with van der Waals surface area (Å²) >= 11 is 0. The minimum Gasteiger partial charge on any atom is -0.329 e. The molecular formula is C20H25N3O3S. The van der Waals surface area contributed by atoms with E-state index in [1.54, 1.807) is 24.3 Å². The molecule has 1 aliphatic rings. The van der Waals surface area contributed by atoms with E-state index in [2.05, 4.69) is 36.5 Å². The number of hydrogen-bond donors (Lipinski definition) is 2. The third-order valence-corrected chi connectivity index (χ3v) is 5.55. The summed E-state index contributed by atoms with van der Waals surface area (Å²) < 4.78 is 22.7. The van der Waals surface area contributed by atoms with Crippen LogP contribution in [-0.4, -0.2) is 38.9 Å². The molecule has 7 heteroatoms. The number of carbonyl (C=O) groups excluding carboxylic acids is 1. The Morgan fingerprint density at radius 2 is 1.93 bits per heavy atom. The number of hydrogen-bond acceptors (Lipinski definition) is 4. The standard InChI is InChI=1S/C20H25N3O3S/c1-2-15-6-8-17(9-7-15)19-13-22-10-11-23(19)20(24)18-5-3-4-16(12-18)14-27(21,25)26/h3-9,12,19,22H,2,10-11,13-14H2,1H3,(H2,21,25,26). The molecule has 144 valence electrons. The number of nitrogens with zero attached hydrogens (tertiary/aromatic N) is 1. The normalized spacial score (nSPS) is 17.7. The Bertz CT molecular complexity index is 910. The van der Waals surface area contributed by atoms with E-state index in [0.29, 0.717) is 24.2 Å². The van der Waals surface area contributed by atoms with Crippen LogP contribution in [0.4, 0.5) is 0 Å². The lowest BCUT2D eigenvalue weighted by Gasteiger charge is -2.36. The summed E-state index contributed by atoms with van der Waals surface area (Å²) in [6.07, 6.45) is 0.975. The lowest BCUT2D eigenvalue weighted by atomic mass is 9.99. The third kappa shape index (κ3) is 4.94. The van der Waals surface area contributed by atoms with Gasteiger partial charge in [0, 0.05) is 25.2 Å². The minimum atomic E-state index is -3.64. The first kappa shape index (κ1) is 19.5. The van der Waals surface area contributed by atoms with E-state index in [1.165, 1.54) is 5.56 Å². The fourth-order valence-electron chi connectivity index (χ4n) is 3.41. The SMILES string of the molecule is CCc1ccc(C2CNCCN2C(=O)c2cccc(CS(N)(=O)=O)c2)cc1. The van der Waals surface area contributed by atoms with Gasteiger partial charge in [-0.05, 0) is 35.2 Å². The number of nitrogens with one attached hydrogen (secondary N) is 1. The van der Waals surface area contributed by atoms with E-state index in [0.717, 1.165) is 18.5 Å². The average molecular weight is 388 g/mol. The number of benzene rings is 2. The highest BCUT2D eigenvalue weighted by molar-refractivity contribution is 7.88. The lowest BCUT2D eigenvalue weighted by Crippen LogP contribution is -2.48. The maximum atomic E-state index is 13.1. The second-order valence-electron chi connectivity index (χ2n) is 6.82. The van der Waals surface area contributed by atoms with Crippen molar-refractivity contribution in [3.8, 4) is 0 Å². The van der Waals surface area contributed by atoms with Gasteiger partial charge in [0.05, 0.1) is 11.8 Å². The first-order chi connectivity index (χ1) is 12.9. The monoisotopic (exact) mass is 387 g/mol. The van der Waals surface area contributed by atoms with Gasteiger partial charge in [0.25, 0.3) is 5.91 Å². The van der Waals surface area contributed by atoms with Crippen LogP contribution >= 0.6 is 0 Å². The Morgan fingerprint density at radius 1 is 1.19 bits per heavy atom. The maximum absolute atomic E-state index is 13.1. The number of aryl methyl sites for hydroxylation is 1. The molecule has 0 aliphatic carbocycles. The van der Waals surface area contributed by atoms with Crippen molar-refractivity contribution in [2.24, 2.45) is 5.14 Å². The van der Waals surface area contributed by atoms with E-state index < -0.39 is 10.0 Å². The number of carbonyl (C=O) groups is 1. The van der Waals surface area contributed by atoms with E-state index in [9.17, 15) is 13.2 Å². The zero-order valence-corrected chi connectivity index (χ0v) is 16.2. The van der Waals surface area contributed by atoms with E-state index >= 15 is 0 Å². The summed E-state index contributed by atoms with van der Waals surface area (Å²) in [6.45, 7) is 4.13. The van der Waals surface area contributed by atoms with Gasteiger partial charge in [-0.15, -0.1) is 0 Å². The highest BCUT2D eigenvalue weighted by Crippen LogP contribution is 2.25. The molecule has 0 radical (unpaired) electrons. The van der Waals surface area contributed by atoms with Crippen molar-refractivity contribution in [2.75, 3.05) is 19.6 Å². The van der Waals surface area contributed by atoms with Crippen molar-refractivity contribution < 1.29 is 13.2 Å². The quantitative estimate of drug-likeness (QED) is 0.819. The van der Waals surface area contributed by atoms with Crippen LogP contribution in [0.3, 0.4) is 0 Å². The molecule has 1 saturated heterocycles. The number of piperazine rings is 1. The van der Waals surface area contributed by atoms with Crippen molar-refractivity contribution in [1.82, 2.24) is 10.2 Å². The largest absolute Gasteiger partial charge is 0.329 e. The summed E-state index contributed by atoms with van der Waals surface area (Å²) in [4.78, 5) is 15.0. The highest BCUT2D eigenvalue weighted by atomic mass is 32.2. The van der Waals surface area contributed by atoms with Crippen molar-refractivity contribution in [3.05, 3.63) is 70.8 Å². The fourth-order valence-corrected chi connectivity index (χ4v) is 4.06. The highest BCUT2D eigenvalue weighted by Gasteiger charge is 2.28. The van der Waals surface area contributed by atoms with E-state index in [1.807, 2.05) is 4.90 Å². The van der Waals surface area contributed by atoms with Gasteiger partial charge in [-0.2, -0.15) is 0 Å². The molecule has 0 aromatic heterocycles. The van der Waals surface area contributed by atoms with Crippen LogP contribution < -0.4 is 10.5 Å². The topological polar surface area (TPSA) is 92.5 Å². The maximum Gasteiger partial charge on any atom is 0.254 e. The summed E-state index contributed by atoms with van der Waals surface area (Å²) in [7, 11) is -3.64. The molecule has 1 fully saturated rings. The van der Waals surface area contributed by atoms with Crippen LogP contribution in [0.1, 0.15) is 40.0 Å². The predicted molar refractivity (Wildman–Crippen MR) is 106 cm³/mol. The molecule has 0 bridgehead atoms. The van der Waals surface area contributed by atoms with Crippen molar-refractivity contribution in [3.63, 3.8) is 0 Å². The van der Waals surface area contributed by atoms with Crippen LogP contribution in [0.15, 0.2) is 48.5 Å². The van der Waals surface area contributed by atoms with E-state index in [4.69, 9.17) is 5.14 Å². The van der Waals surface area contributed by atoms with Crippen LogP contribution in [0, 0.1) is 0 Å². The van der Waals surface area contributed by atoms with Crippen molar-refractivity contribution >= 4 is 15.9 Å². The van der Waals surface area contributed by atoms with Crippen molar-refractivity contribution in [1.29, 1.82) is 0 Å². The average Bonchev–Trinajstić information content (AvgIpc) is 2.66. The smallest absolute Gasteiger partial charge is 0.254 e. The number of amides is 1. The first-order valence-corrected chi connectivity index (χ1v) is 10.8. The number of primary sulfonamides is 1. The Kier molecular flexibility index (Phi) is 5.94. The van der Waals surface area contributed by atoms with Crippen LogP contribution in [-0.2, 0) is 22.2 Å². The second-order valence-corrected chi connectivity index (χ2v) is 8.44. The molecule has 1 heterocycles. The van der Waals surface area contributed by atoms with Gasteiger partial charge >= 0.3 is 0 Å². The van der Waals surface area contributed by atoms with Gasteiger partial charge < -0.3 is 10.2 Å². The van der Waals surface area contributed by atoms with Gasteiger partial charge in [0.15, 0.2) is 0 Å². The molecule has 1 atom stereocenters. The Hall–Kier alpha value is -2.22. The van der Waals surface area contributed by atoms with Gasteiger partial charge in [0.2, 0.25) is 10.0 Å². The second kappa shape index (κ2) is 8.21. The summed E-state index contributed by atoms with van der Waals surface area (Å²) in [5.74, 6) is -0.380. The summed E-state index contributed by atoms with van der Waals surface area (Å²) in [5.41, 5.74) is 3.35. The Morgan fingerprint density at radius 3 is 2.59 bits per heavy atom. The van der Waals surface area contributed by atoms with Crippen molar-refractivity contribution in [2.45, 2.75) is 25.1 Å². The fraction of sp³-hybridized carbons (Fsp3) is 0.350. The first-order valence-electron chi connectivity index (χ1n) is 9.07. The van der Waals surface area contributed by atoms with Crippen LogP contribution in [0.25, 0.3) is 0 Å². The van der Waals surface area contributed by atoms with Gasteiger partial charge in [0.1, 0.15) is 0 Å². The minimum absolute atomic E-state index is 0.0564. The van der Waals surface area contributed by atoms with Gasteiger partial charge in [-0.3, -0.25) is 4.79 Å². The molecule has 3 rings (SSSR count). The molecule has 3 N–H and O–H groups in total. The Balaban J connectivity index is 1.86. The predicted octanol–water partition coefficient (Wildman–Crippen LogP) is 1.82. The molecule has 1 aliphatic heterocycles. The molecule has 2 aromatic rings. The molecule has 27 heavy (non-hydrogen) atoms. The lowest BCUT2D eigenvalue weighted by molar-refractivity contribution is 0.0634. The third-order valence-electron chi connectivity index (χ3n) is 4.82. The van der Waals surface area contributed by atoms with Crippen LogP contribution in [0.2, 0.25) is 0 Å². The molecule has 2 aromatic carbocycles. The number of nitrogens with two attached hydrogens (primary N) is 1. The molecule has 6 nitrogen and oxygen atoms in total. The van der Waals surface area contributed by atoms with E-state index in [-0.39, 0.29) is 17.7 Å². The molecule has 1 unspecified atom stereocenters. The molecule has 1 amide bonds. The summed E-state index contributed by atoms with van der Waals surface area (Å²) in [5, 5.41) is 8.48. The Labute approximate surface area is 160 Å². The molecular weight excluding hydrogens is 362 g/mol. The van der Waals surface area contributed by atoms with Crippen LogP contribution in [0.5, 0.6) is 0 Å². The number of sulfonamides is 1. The summed E-state index contributed by atoms with van der Waals surface area (Å²) in [6, 6.07) is 15.0.